The molecule has 0 radical (unpaired) electrons. The van der Waals surface area contributed by atoms with Gasteiger partial charge in [0.15, 0.2) is 5.82 Å². The molecule has 1 atom stereocenters. The van der Waals surface area contributed by atoms with E-state index in [0.717, 1.165) is 5.56 Å². The number of anilines is 1. The molecule has 0 unspecified atom stereocenters. The van der Waals surface area contributed by atoms with E-state index in [2.05, 4.69) is 41.8 Å². The predicted octanol–water partition coefficient (Wildman–Crippen LogP) is 1.65. The standard InChI is InChI=1S/C26H25FN8O4/c1-4-10-35(13-16-12-18-21(11-14(16)2)28-15(3)29-25(18)37)23-17(6-5-7-19(23)27)24(36)30-20(26(38)39)8-9-22-31-33-34-32-22/h1,5-7,11-12,20H,8-10,13H2,2-3H3,(H,30,36)(H,38,39)(H,28,29,37)(H,31,32,33,34)/t20-/m0/s1. The Morgan fingerprint density at radius 3 is 2.77 bits per heavy atom. The number of aromatic nitrogens is 6. The number of tetrazole rings is 1. The Kier molecular flexibility index (Phi) is 7.95. The Morgan fingerprint density at radius 1 is 1.28 bits per heavy atom. The van der Waals surface area contributed by atoms with Gasteiger partial charge in [-0.15, -0.1) is 16.6 Å². The number of carboxylic acids is 1. The lowest BCUT2D eigenvalue weighted by Crippen LogP contribution is -2.42. The second-order valence-corrected chi connectivity index (χ2v) is 8.87. The molecule has 0 saturated carbocycles. The van der Waals surface area contributed by atoms with Crippen molar-refractivity contribution in [1.82, 2.24) is 35.9 Å². The number of carbonyl (C=O) groups excluding carboxylic acids is 1. The first-order valence-electron chi connectivity index (χ1n) is 11.9. The highest BCUT2D eigenvalue weighted by Gasteiger charge is 2.26. The van der Waals surface area contributed by atoms with Gasteiger partial charge in [0.25, 0.3) is 11.5 Å². The van der Waals surface area contributed by atoms with Crippen LogP contribution in [0.15, 0.2) is 35.1 Å². The SMILES string of the molecule is C#CCN(Cc1cc2c(=O)[nH]c(C)nc2cc1C)c1c(F)cccc1C(=O)N[C@@H](CCc1nn[nH]n1)C(=O)O. The van der Waals surface area contributed by atoms with E-state index in [1.165, 1.54) is 23.1 Å². The number of aromatic amines is 2. The van der Waals surface area contributed by atoms with E-state index in [4.69, 9.17) is 6.42 Å². The Labute approximate surface area is 221 Å². The van der Waals surface area contributed by atoms with Crippen molar-refractivity contribution in [2.45, 2.75) is 39.3 Å². The molecular formula is C26H25FN8O4. The zero-order chi connectivity index (χ0) is 28.1. The molecule has 13 heteroatoms. The van der Waals surface area contributed by atoms with Crippen LogP contribution in [0.2, 0.25) is 0 Å². The average Bonchev–Trinajstić information content (AvgIpc) is 3.40. The van der Waals surface area contributed by atoms with Gasteiger partial charge in [0.1, 0.15) is 17.7 Å². The van der Waals surface area contributed by atoms with Gasteiger partial charge in [-0.3, -0.25) is 9.59 Å². The highest BCUT2D eigenvalue weighted by molar-refractivity contribution is 6.01. The zero-order valence-corrected chi connectivity index (χ0v) is 21.2. The van der Waals surface area contributed by atoms with Gasteiger partial charge in [-0.2, -0.15) is 5.21 Å². The summed E-state index contributed by atoms with van der Waals surface area (Å²) in [6.07, 6.45) is 5.72. The van der Waals surface area contributed by atoms with E-state index >= 15 is 4.39 Å². The maximum Gasteiger partial charge on any atom is 0.326 e. The van der Waals surface area contributed by atoms with Crippen molar-refractivity contribution >= 4 is 28.5 Å². The number of aryl methyl sites for hydroxylation is 3. The number of hydrogen-bond acceptors (Lipinski definition) is 8. The van der Waals surface area contributed by atoms with Crippen molar-refractivity contribution < 1.29 is 19.1 Å². The number of halogens is 1. The highest BCUT2D eigenvalue weighted by Crippen LogP contribution is 2.28. The third kappa shape index (κ3) is 6.07. The Balaban J connectivity index is 1.66. The molecule has 2 aromatic carbocycles. The molecule has 2 aromatic heterocycles. The number of benzene rings is 2. The topological polar surface area (TPSA) is 170 Å². The fraction of sp³-hybridized carbons (Fsp3) is 0.269. The van der Waals surface area contributed by atoms with Crippen LogP contribution in [0, 0.1) is 32.0 Å². The number of rotatable bonds is 10. The summed E-state index contributed by atoms with van der Waals surface area (Å²) in [5, 5.41) is 25.7. The average molecular weight is 533 g/mol. The second-order valence-electron chi connectivity index (χ2n) is 8.87. The summed E-state index contributed by atoms with van der Waals surface area (Å²) < 4.78 is 15.3. The molecule has 1 amide bonds. The minimum atomic E-state index is -1.29. The number of para-hydroxylation sites is 1. The van der Waals surface area contributed by atoms with Crippen molar-refractivity contribution in [3.8, 4) is 12.3 Å². The molecule has 0 aliphatic carbocycles. The number of carbonyl (C=O) groups is 2. The summed E-state index contributed by atoms with van der Waals surface area (Å²) in [6, 6.07) is 6.06. The molecule has 0 fully saturated rings. The van der Waals surface area contributed by atoms with Crippen LogP contribution in [0.25, 0.3) is 10.9 Å². The van der Waals surface area contributed by atoms with Crippen LogP contribution in [0.5, 0.6) is 0 Å². The van der Waals surface area contributed by atoms with E-state index in [1.807, 2.05) is 6.92 Å². The third-order valence-electron chi connectivity index (χ3n) is 6.12. The second kappa shape index (κ2) is 11.5. The van der Waals surface area contributed by atoms with Crippen molar-refractivity contribution in [3.05, 3.63) is 74.8 Å². The molecule has 12 nitrogen and oxygen atoms in total. The number of aliphatic carboxylic acids is 1. The van der Waals surface area contributed by atoms with Crippen molar-refractivity contribution in [1.29, 1.82) is 0 Å². The lowest BCUT2D eigenvalue weighted by molar-refractivity contribution is -0.139. The number of amides is 1. The molecule has 0 saturated heterocycles. The minimum Gasteiger partial charge on any atom is -0.480 e. The highest BCUT2D eigenvalue weighted by atomic mass is 19.1. The van der Waals surface area contributed by atoms with Gasteiger partial charge in [0, 0.05) is 13.0 Å². The number of nitrogens with zero attached hydrogens (tertiary/aromatic N) is 5. The van der Waals surface area contributed by atoms with Crippen molar-refractivity contribution in [2.24, 2.45) is 0 Å². The summed E-state index contributed by atoms with van der Waals surface area (Å²) in [4.78, 5) is 46.1. The van der Waals surface area contributed by atoms with Gasteiger partial charge in [0.05, 0.1) is 28.7 Å². The molecule has 4 rings (SSSR count). The summed E-state index contributed by atoms with van der Waals surface area (Å²) in [6.45, 7) is 3.52. The first kappa shape index (κ1) is 26.9. The van der Waals surface area contributed by atoms with Crippen LogP contribution >= 0.6 is 0 Å². The summed E-state index contributed by atoms with van der Waals surface area (Å²) >= 11 is 0. The quantitative estimate of drug-likeness (QED) is 0.222. The molecule has 200 valence electrons. The van der Waals surface area contributed by atoms with E-state index in [-0.39, 0.29) is 48.6 Å². The molecule has 39 heavy (non-hydrogen) atoms. The van der Waals surface area contributed by atoms with Gasteiger partial charge in [-0.1, -0.05) is 17.2 Å². The monoisotopic (exact) mass is 532 g/mol. The Bertz CT molecular complexity index is 1630. The Morgan fingerprint density at radius 2 is 2.08 bits per heavy atom. The van der Waals surface area contributed by atoms with Crippen molar-refractivity contribution in [3.63, 3.8) is 0 Å². The lowest BCUT2D eigenvalue weighted by Gasteiger charge is -2.27. The molecule has 0 bridgehead atoms. The van der Waals surface area contributed by atoms with Crippen LogP contribution in [0.1, 0.15) is 39.6 Å². The van der Waals surface area contributed by atoms with Gasteiger partial charge in [-0.05, 0) is 55.7 Å². The fourth-order valence-electron chi connectivity index (χ4n) is 4.23. The number of terminal acetylenes is 1. The summed E-state index contributed by atoms with van der Waals surface area (Å²) in [7, 11) is 0. The predicted molar refractivity (Wildman–Crippen MR) is 140 cm³/mol. The maximum atomic E-state index is 15.3. The van der Waals surface area contributed by atoms with Crippen LogP contribution in [0.3, 0.4) is 0 Å². The van der Waals surface area contributed by atoms with Gasteiger partial charge in [-0.25, -0.2) is 14.2 Å². The smallest absolute Gasteiger partial charge is 0.326 e. The van der Waals surface area contributed by atoms with Gasteiger partial charge >= 0.3 is 5.97 Å². The first-order valence-corrected chi connectivity index (χ1v) is 11.9. The maximum absolute atomic E-state index is 15.3. The molecule has 4 N–H and O–H groups in total. The van der Waals surface area contributed by atoms with Crippen LogP contribution in [-0.4, -0.2) is 60.2 Å². The van der Waals surface area contributed by atoms with E-state index in [9.17, 15) is 19.5 Å². The molecular weight excluding hydrogens is 507 g/mol. The molecule has 0 spiro atoms. The van der Waals surface area contributed by atoms with Crippen LogP contribution in [0.4, 0.5) is 10.1 Å². The van der Waals surface area contributed by atoms with E-state index in [0.29, 0.717) is 22.3 Å². The number of fused-ring (bicyclic) bond motifs is 1. The number of nitrogens with one attached hydrogen (secondary N) is 3. The third-order valence-corrected chi connectivity index (χ3v) is 6.12. The van der Waals surface area contributed by atoms with E-state index in [1.54, 1.807) is 19.1 Å². The van der Waals surface area contributed by atoms with Crippen LogP contribution in [-0.2, 0) is 17.8 Å². The van der Waals surface area contributed by atoms with Crippen LogP contribution < -0.4 is 15.8 Å². The minimum absolute atomic E-state index is 0.0162. The molecule has 2 heterocycles. The first-order chi connectivity index (χ1) is 18.7. The Hall–Kier alpha value is -5.12. The summed E-state index contributed by atoms with van der Waals surface area (Å²) in [5.74, 6) is 0.466. The van der Waals surface area contributed by atoms with E-state index < -0.39 is 23.7 Å². The lowest BCUT2D eigenvalue weighted by atomic mass is 10.0. The molecule has 4 aromatic rings. The molecule has 0 aliphatic rings. The van der Waals surface area contributed by atoms with Gasteiger partial charge < -0.3 is 20.3 Å². The number of H-pyrrole nitrogens is 2. The normalized spacial score (nSPS) is 11.6. The largest absolute Gasteiger partial charge is 0.480 e. The number of carboxylic acid groups (broad SMARTS) is 1. The summed E-state index contributed by atoms with van der Waals surface area (Å²) in [5.41, 5.74) is 1.49. The van der Waals surface area contributed by atoms with Gasteiger partial charge in [0.2, 0.25) is 0 Å². The molecule has 0 aliphatic heterocycles. The number of hydrogen-bond donors (Lipinski definition) is 4. The van der Waals surface area contributed by atoms with Crippen molar-refractivity contribution in [2.75, 3.05) is 11.4 Å². The fourth-order valence-corrected chi connectivity index (χ4v) is 4.23. The zero-order valence-electron chi connectivity index (χ0n) is 21.2.